The lowest BCUT2D eigenvalue weighted by Gasteiger charge is -2.26. The van der Waals surface area contributed by atoms with Crippen molar-refractivity contribution in [3.05, 3.63) is 71.3 Å². The van der Waals surface area contributed by atoms with Gasteiger partial charge in [-0.05, 0) is 49.1 Å². The summed E-state index contributed by atoms with van der Waals surface area (Å²) in [5, 5.41) is 5.58. The Hall–Kier alpha value is -3.15. The number of carbonyl (C=O) groups excluding carboxylic acids is 3. The second kappa shape index (κ2) is 10.4. The van der Waals surface area contributed by atoms with Gasteiger partial charge in [0.1, 0.15) is 0 Å². The third kappa shape index (κ3) is 6.17. The molecule has 1 aliphatic heterocycles. The van der Waals surface area contributed by atoms with Crippen LogP contribution in [-0.2, 0) is 11.3 Å². The normalized spacial score (nSPS) is 13.6. The maximum absolute atomic E-state index is 12.5. The van der Waals surface area contributed by atoms with Gasteiger partial charge in [-0.1, -0.05) is 30.3 Å². The average Bonchev–Trinajstić information content (AvgIpc) is 2.78. The molecule has 2 aromatic carbocycles. The van der Waals surface area contributed by atoms with Crippen LogP contribution >= 0.6 is 0 Å². The molecule has 152 valence electrons. The molecule has 29 heavy (non-hydrogen) atoms. The topological polar surface area (TPSA) is 78.5 Å². The van der Waals surface area contributed by atoms with E-state index < -0.39 is 0 Å². The minimum Gasteiger partial charge on any atom is -0.352 e. The third-order valence-corrected chi connectivity index (χ3v) is 5.01. The van der Waals surface area contributed by atoms with E-state index in [1.165, 1.54) is 6.42 Å². The fourth-order valence-electron chi connectivity index (χ4n) is 3.31. The van der Waals surface area contributed by atoms with E-state index in [-0.39, 0.29) is 30.7 Å². The first-order valence-corrected chi connectivity index (χ1v) is 10.1. The summed E-state index contributed by atoms with van der Waals surface area (Å²) in [6.45, 7) is 2.33. The zero-order chi connectivity index (χ0) is 20.5. The highest BCUT2D eigenvalue weighted by Crippen LogP contribution is 2.14. The molecule has 3 amide bonds. The number of hydrogen-bond donors (Lipinski definition) is 2. The Kier molecular flexibility index (Phi) is 7.39. The van der Waals surface area contributed by atoms with Crippen LogP contribution in [0.2, 0.25) is 0 Å². The molecule has 1 saturated heterocycles. The number of benzene rings is 2. The largest absolute Gasteiger partial charge is 0.352 e. The van der Waals surface area contributed by atoms with Crippen molar-refractivity contribution in [3.8, 4) is 0 Å². The fraction of sp³-hybridized carbons (Fsp3) is 0.348. The van der Waals surface area contributed by atoms with Gasteiger partial charge in [0.05, 0.1) is 0 Å². The summed E-state index contributed by atoms with van der Waals surface area (Å²) >= 11 is 0. The van der Waals surface area contributed by atoms with E-state index in [0.717, 1.165) is 31.5 Å². The van der Waals surface area contributed by atoms with Gasteiger partial charge in [-0.25, -0.2) is 0 Å². The molecule has 0 radical (unpaired) electrons. The van der Waals surface area contributed by atoms with E-state index in [1.807, 2.05) is 35.2 Å². The van der Waals surface area contributed by atoms with Crippen LogP contribution in [0.4, 0.5) is 0 Å². The van der Waals surface area contributed by atoms with Crippen molar-refractivity contribution in [1.29, 1.82) is 0 Å². The Morgan fingerprint density at radius 1 is 0.793 bits per heavy atom. The molecular weight excluding hydrogens is 366 g/mol. The highest BCUT2D eigenvalue weighted by Gasteiger charge is 2.17. The van der Waals surface area contributed by atoms with Crippen molar-refractivity contribution in [2.24, 2.45) is 0 Å². The van der Waals surface area contributed by atoms with Crippen LogP contribution in [0.25, 0.3) is 0 Å². The first-order valence-electron chi connectivity index (χ1n) is 10.1. The summed E-state index contributed by atoms with van der Waals surface area (Å²) in [6, 6.07) is 16.3. The summed E-state index contributed by atoms with van der Waals surface area (Å²) in [4.78, 5) is 38.3. The molecule has 1 aliphatic rings. The maximum Gasteiger partial charge on any atom is 0.253 e. The van der Waals surface area contributed by atoms with Crippen molar-refractivity contribution < 1.29 is 14.4 Å². The summed E-state index contributed by atoms with van der Waals surface area (Å²) in [6.07, 6.45) is 3.55. The molecule has 2 N–H and O–H groups in total. The molecule has 1 fully saturated rings. The number of nitrogens with one attached hydrogen (secondary N) is 2. The lowest BCUT2D eigenvalue weighted by molar-refractivity contribution is -0.121. The second-order valence-electron chi connectivity index (χ2n) is 7.20. The minimum atomic E-state index is -0.188. The number of hydrogen-bond acceptors (Lipinski definition) is 3. The smallest absolute Gasteiger partial charge is 0.253 e. The zero-order valence-electron chi connectivity index (χ0n) is 16.5. The molecule has 0 bridgehead atoms. The summed E-state index contributed by atoms with van der Waals surface area (Å²) in [5.41, 5.74) is 2.19. The molecule has 6 nitrogen and oxygen atoms in total. The molecule has 0 spiro atoms. The SMILES string of the molecule is O=C(CCNC(=O)c1ccccc1)NCc1ccc(C(=O)N2CCCCC2)cc1. The predicted molar refractivity (Wildman–Crippen MR) is 111 cm³/mol. The van der Waals surface area contributed by atoms with Gasteiger partial charge in [-0.2, -0.15) is 0 Å². The molecule has 0 aliphatic carbocycles. The summed E-state index contributed by atoms with van der Waals surface area (Å²) in [7, 11) is 0. The van der Waals surface area contributed by atoms with Crippen LogP contribution in [0.5, 0.6) is 0 Å². The van der Waals surface area contributed by atoms with Gasteiger partial charge in [0.25, 0.3) is 11.8 Å². The van der Waals surface area contributed by atoms with Gasteiger partial charge < -0.3 is 15.5 Å². The van der Waals surface area contributed by atoms with Gasteiger partial charge in [-0.15, -0.1) is 0 Å². The Morgan fingerprint density at radius 2 is 1.48 bits per heavy atom. The van der Waals surface area contributed by atoms with Gasteiger partial charge in [0.15, 0.2) is 0 Å². The van der Waals surface area contributed by atoms with Crippen molar-refractivity contribution >= 4 is 17.7 Å². The van der Waals surface area contributed by atoms with Gasteiger partial charge in [-0.3, -0.25) is 14.4 Å². The van der Waals surface area contributed by atoms with Crippen LogP contribution in [0.15, 0.2) is 54.6 Å². The lowest BCUT2D eigenvalue weighted by Crippen LogP contribution is -2.35. The van der Waals surface area contributed by atoms with Crippen LogP contribution in [-0.4, -0.2) is 42.3 Å². The molecule has 1 heterocycles. The van der Waals surface area contributed by atoms with Crippen LogP contribution in [0, 0.1) is 0 Å². The summed E-state index contributed by atoms with van der Waals surface area (Å²) < 4.78 is 0. The quantitative estimate of drug-likeness (QED) is 0.759. The number of rotatable bonds is 7. The lowest BCUT2D eigenvalue weighted by atomic mass is 10.1. The molecule has 0 unspecified atom stereocenters. The first kappa shape index (κ1) is 20.6. The van der Waals surface area contributed by atoms with E-state index >= 15 is 0 Å². The van der Waals surface area contributed by atoms with Crippen molar-refractivity contribution in [3.63, 3.8) is 0 Å². The van der Waals surface area contributed by atoms with Crippen LogP contribution in [0.1, 0.15) is 52.0 Å². The third-order valence-electron chi connectivity index (χ3n) is 5.01. The number of piperidine rings is 1. The predicted octanol–water partition coefficient (Wildman–Crippen LogP) is 2.75. The van der Waals surface area contributed by atoms with E-state index in [9.17, 15) is 14.4 Å². The number of amides is 3. The first-order chi connectivity index (χ1) is 14.1. The molecule has 0 saturated carbocycles. The zero-order valence-corrected chi connectivity index (χ0v) is 16.5. The van der Waals surface area contributed by atoms with Gasteiger partial charge >= 0.3 is 0 Å². The van der Waals surface area contributed by atoms with E-state index in [2.05, 4.69) is 10.6 Å². The summed E-state index contributed by atoms with van der Waals surface area (Å²) in [5.74, 6) is -0.242. The molecule has 2 aromatic rings. The monoisotopic (exact) mass is 393 g/mol. The second-order valence-corrected chi connectivity index (χ2v) is 7.20. The van der Waals surface area contributed by atoms with E-state index in [4.69, 9.17) is 0 Å². The number of nitrogens with zero attached hydrogens (tertiary/aromatic N) is 1. The van der Waals surface area contributed by atoms with Crippen molar-refractivity contribution in [2.75, 3.05) is 19.6 Å². The minimum absolute atomic E-state index is 0.0782. The van der Waals surface area contributed by atoms with Crippen molar-refractivity contribution in [1.82, 2.24) is 15.5 Å². The average molecular weight is 393 g/mol. The molecule has 3 rings (SSSR count). The van der Waals surface area contributed by atoms with E-state index in [0.29, 0.717) is 17.7 Å². The Labute approximate surface area is 171 Å². The van der Waals surface area contributed by atoms with Gasteiger partial charge in [0.2, 0.25) is 5.91 Å². The fourth-order valence-corrected chi connectivity index (χ4v) is 3.31. The van der Waals surface area contributed by atoms with Crippen LogP contribution in [0.3, 0.4) is 0 Å². The number of carbonyl (C=O) groups is 3. The van der Waals surface area contributed by atoms with Crippen LogP contribution < -0.4 is 10.6 Å². The Morgan fingerprint density at radius 3 is 2.17 bits per heavy atom. The molecular formula is C23H27N3O3. The molecule has 6 heteroatoms. The van der Waals surface area contributed by atoms with E-state index in [1.54, 1.807) is 24.3 Å². The highest BCUT2D eigenvalue weighted by molar-refractivity contribution is 5.94. The maximum atomic E-state index is 12.5. The Balaban J connectivity index is 1.38. The Bertz CT molecular complexity index is 828. The van der Waals surface area contributed by atoms with Crippen molar-refractivity contribution in [2.45, 2.75) is 32.2 Å². The number of likely N-dealkylation sites (tertiary alicyclic amines) is 1. The van der Waals surface area contributed by atoms with Gasteiger partial charge in [0, 0.05) is 43.7 Å². The highest BCUT2D eigenvalue weighted by atomic mass is 16.2. The molecule has 0 aromatic heterocycles. The molecule has 0 atom stereocenters. The standard InChI is InChI=1S/C23H27N3O3/c27-21(13-14-24-22(28)19-7-3-1-4-8-19)25-17-18-9-11-20(12-10-18)23(29)26-15-5-2-6-16-26/h1,3-4,7-12H,2,5-6,13-17H2,(H,24,28)(H,25,27).